The molecule has 1 N–H and O–H groups in total. The van der Waals surface area contributed by atoms with Crippen molar-refractivity contribution in [2.24, 2.45) is 0 Å². The van der Waals surface area contributed by atoms with Gasteiger partial charge in [-0.25, -0.2) is 0 Å². The van der Waals surface area contributed by atoms with Crippen molar-refractivity contribution in [3.05, 3.63) is 59.7 Å². The lowest BCUT2D eigenvalue weighted by atomic mass is 9.71. The molecule has 0 fully saturated rings. The summed E-state index contributed by atoms with van der Waals surface area (Å²) in [5.41, 5.74) is 2.45. The van der Waals surface area contributed by atoms with Gasteiger partial charge in [0.2, 0.25) is 0 Å². The van der Waals surface area contributed by atoms with E-state index in [2.05, 4.69) is 19.2 Å². The summed E-state index contributed by atoms with van der Waals surface area (Å²) in [5, 5.41) is 3.59. The van der Waals surface area contributed by atoms with Crippen LogP contribution >= 0.6 is 0 Å². The zero-order chi connectivity index (χ0) is 16.4. The van der Waals surface area contributed by atoms with Gasteiger partial charge in [-0.1, -0.05) is 31.2 Å². The third-order valence-electron chi connectivity index (χ3n) is 4.77. The van der Waals surface area contributed by atoms with Gasteiger partial charge in [0.25, 0.3) is 0 Å². The molecule has 2 aromatic rings. The molecular weight excluding hydrogens is 286 g/mol. The highest BCUT2D eigenvalue weighted by atomic mass is 16.5. The second-order valence-electron chi connectivity index (χ2n) is 6.24. The molecule has 3 heteroatoms. The highest BCUT2D eigenvalue weighted by Crippen LogP contribution is 2.42. The van der Waals surface area contributed by atoms with Gasteiger partial charge < -0.3 is 10.1 Å². The van der Waals surface area contributed by atoms with Crippen LogP contribution < -0.4 is 10.1 Å². The van der Waals surface area contributed by atoms with E-state index in [-0.39, 0.29) is 17.2 Å². The molecule has 0 amide bonds. The lowest BCUT2D eigenvalue weighted by molar-refractivity contribution is 0.0917. The maximum Gasteiger partial charge on any atom is 0.174 e. The Bertz CT molecular complexity index is 708. The number of ether oxygens (including phenoxy) is 1. The van der Waals surface area contributed by atoms with Gasteiger partial charge in [-0.15, -0.1) is 0 Å². The fourth-order valence-electron chi connectivity index (χ4n) is 3.37. The van der Waals surface area contributed by atoms with Crippen LogP contribution in [-0.4, -0.2) is 17.9 Å². The van der Waals surface area contributed by atoms with E-state index in [0.29, 0.717) is 6.61 Å². The van der Waals surface area contributed by atoms with Gasteiger partial charge in [0.1, 0.15) is 5.75 Å². The summed E-state index contributed by atoms with van der Waals surface area (Å²) in [5.74, 6) is 0.831. The van der Waals surface area contributed by atoms with Crippen LogP contribution in [0.2, 0.25) is 0 Å². The van der Waals surface area contributed by atoms with Gasteiger partial charge in [0.15, 0.2) is 5.78 Å². The van der Waals surface area contributed by atoms with Crippen molar-refractivity contribution in [3.63, 3.8) is 0 Å². The minimum Gasteiger partial charge on any atom is -0.494 e. The molecule has 2 atom stereocenters. The molecule has 2 unspecified atom stereocenters. The highest BCUT2D eigenvalue weighted by Gasteiger charge is 2.43. The van der Waals surface area contributed by atoms with Crippen LogP contribution in [0.25, 0.3) is 0 Å². The minimum absolute atomic E-state index is 0.188. The Labute approximate surface area is 137 Å². The zero-order valence-electron chi connectivity index (χ0n) is 13.9. The SMILES string of the molecule is CCOc1ccc(C2C(=O)c3ccccc3NC2(C)CC)cc1. The Balaban J connectivity index is 2.03. The molecule has 0 saturated heterocycles. The fourth-order valence-corrected chi connectivity index (χ4v) is 3.37. The molecule has 3 nitrogen and oxygen atoms in total. The number of carbonyl (C=O) groups is 1. The van der Waals surface area contributed by atoms with Crippen molar-refractivity contribution in [3.8, 4) is 5.75 Å². The predicted molar refractivity (Wildman–Crippen MR) is 93.4 cm³/mol. The minimum atomic E-state index is -0.293. The highest BCUT2D eigenvalue weighted by molar-refractivity contribution is 6.08. The molecule has 0 aromatic heterocycles. The molecular formula is C20H23NO2. The van der Waals surface area contributed by atoms with Crippen molar-refractivity contribution < 1.29 is 9.53 Å². The van der Waals surface area contributed by atoms with E-state index in [1.54, 1.807) is 0 Å². The summed E-state index contributed by atoms with van der Waals surface area (Å²) in [4.78, 5) is 13.1. The van der Waals surface area contributed by atoms with Crippen LogP contribution in [0, 0.1) is 0 Å². The van der Waals surface area contributed by atoms with E-state index in [1.165, 1.54) is 0 Å². The largest absolute Gasteiger partial charge is 0.494 e. The van der Waals surface area contributed by atoms with Gasteiger partial charge in [-0.3, -0.25) is 4.79 Å². The third-order valence-corrected chi connectivity index (χ3v) is 4.77. The van der Waals surface area contributed by atoms with Crippen molar-refractivity contribution in [1.29, 1.82) is 0 Å². The standard InChI is InChI=1S/C20H23NO2/c1-4-20(3)18(14-10-12-15(13-11-14)23-5-2)19(22)16-8-6-7-9-17(16)21-20/h6-13,18,21H,4-5H2,1-3H3. The van der Waals surface area contributed by atoms with E-state index in [1.807, 2.05) is 55.5 Å². The first-order chi connectivity index (χ1) is 11.1. The van der Waals surface area contributed by atoms with Crippen LogP contribution in [0.3, 0.4) is 0 Å². The monoisotopic (exact) mass is 309 g/mol. The van der Waals surface area contributed by atoms with Crippen molar-refractivity contribution in [2.75, 3.05) is 11.9 Å². The van der Waals surface area contributed by atoms with Crippen molar-refractivity contribution in [2.45, 2.75) is 38.6 Å². The van der Waals surface area contributed by atoms with Crippen LogP contribution in [0.5, 0.6) is 5.75 Å². The number of fused-ring (bicyclic) bond motifs is 1. The Hall–Kier alpha value is -2.29. The van der Waals surface area contributed by atoms with Crippen molar-refractivity contribution >= 4 is 11.5 Å². The van der Waals surface area contributed by atoms with Crippen LogP contribution in [0.15, 0.2) is 48.5 Å². The number of hydrogen-bond donors (Lipinski definition) is 1. The second-order valence-corrected chi connectivity index (χ2v) is 6.24. The molecule has 0 saturated carbocycles. The molecule has 0 bridgehead atoms. The molecule has 0 radical (unpaired) electrons. The Kier molecular flexibility index (Phi) is 4.12. The van der Waals surface area contributed by atoms with Crippen LogP contribution in [0.4, 0.5) is 5.69 Å². The van der Waals surface area contributed by atoms with Gasteiger partial charge in [0.05, 0.1) is 12.5 Å². The molecule has 2 aromatic carbocycles. The Morgan fingerprint density at radius 2 is 1.78 bits per heavy atom. The number of ketones is 1. The van der Waals surface area contributed by atoms with Gasteiger partial charge in [0, 0.05) is 16.8 Å². The van der Waals surface area contributed by atoms with Gasteiger partial charge in [-0.05, 0) is 50.1 Å². The molecule has 23 heavy (non-hydrogen) atoms. The van der Waals surface area contributed by atoms with E-state index in [9.17, 15) is 4.79 Å². The summed E-state index contributed by atoms with van der Waals surface area (Å²) in [6.45, 7) is 6.86. The molecule has 3 rings (SSSR count). The summed E-state index contributed by atoms with van der Waals surface area (Å²) in [6.07, 6.45) is 0.866. The molecule has 0 spiro atoms. The van der Waals surface area contributed by atoms with Crippen molar-refractivity contribution in [1.82, 2.24) is 0 Å². The average molecular weight is 309 g/mol. The number of benzene rings is 2. The topological polar surface area (TPSA) is 38.3 Å². The molecule has 1 aliphatic rings. The summed E-state index contributed by atoms with van der Waals surface area (Å²) in [6, 6.07) is 15.7. The molecule has 120 valence electrons. The fraction of sp³-hybridized carbons (Fsp3) is 0.350. The second kappa shape index (κ2) is 6.07. The number of nitrogens with one attached hydrogen (secondary N) is 1. The summed E-state index contributed by atoms with van der Waals surface area (Å²) in [7, 11) is 0. The Morgan fingerprint density at radius 1 is 1.09 bits per heavy atom. The zero-order valence-corrected chi connectivity index (χ0v) is 13.9. The number of Topliss-reactive ketones (excluding diaryl/α,β-unsaturated/α-hetero) is 1. The van der Waals surface area contributed by atoms with E-state index in [4.69, 9.17) is 4.74 Å². The predicted octanol–water partition coefficient (Wildman–Crippen LogP) is 4.65. The smallest absolute Gasteiger partial charge is 0.174 e. The van der Waals surface area contributed by atoms with E-state index in [0.717, 1.165) is 29.0 Å². The molecule has 1 heterocycles. The van der Waals surface area contributed by atoms with Gasteiger partial charge in [-0.2, -0.15) is 0 Å². The first kappa shape index (κ1) is 15.6. The molecule has 0 aliphatic carbocycles. The summed E-state index contributed by atoms with van der Waals surface area (Å²) < 4.78 is 5.51. The quantitative estimate of drug-likeness (QED) is 0.893. The van der Waals surface area contributed by atoms with E-state index >= 15 is 0 Å². The Morgan fingerprint density at radius 3 is 2.43 bits per heavy atom. The lowest BCUT2D eigenvalue weighted by Gasteiger charge is -2.42. The number of anilines is 1. The first-order valence-electron chi connectivity index (χ1n) is 8.23. The van der Waals surface area contributed by atoms with Gasteiger partial charge >= 0.3 is 0 Å². The maximum atomic E-state index is 13.1. The maximum absolute atomic E-state index is 13.1. The van der Waals surface area contributed by atoms with Crippen LogP contribution in [0.1, 0.15) is 49.0 Å². The first-order valence-corrected chi connectivity index (χ1v) is 8.23. The third kappa shape index (κ3) is 2.72. The summed E-state index contributed by atoms with van der Waals surface area (Å²) >= 11 is 0. The van der Waals surface area contributed by atoms with Crippen LogP contribution in [-0.2, 0) is 0 Å². The number of hydrogen-bond acceptors (Lipinski definition) is 3. The average Bonchev–Trinajstić information content (AvgIpc) is 2.57. The molecule has 1 aliphatic heterocycles. The van der Waals surface area contributed by atoms with E-state index < -0.39 is 0 Å². The lowest BCUT2D eigenvalue weighted by Crippen LogP contribution is -2.48. The normalized spacial score (nSPS) is 23.1. The number of carbonyl (C=O) groups excluding carboxylic acids is 1. The number of rotatable bonds is 4. The number of para-hydroxylation sites is 1.